The van der Waals surface area contributed by atoms with Crippen molar-refractivity contribution in [3.63, 3.8) is 0 Å². The van der Waals surface area contributed by atoms with Crippen LogP contribution in [0.25, 0.3) is 10.9 Å². The van der Waals surface area contributed by atoms with Crippen molar-refractivity contribution in [3.05, 3.63) is 87.4 Å². The molecule has 180 valence electrons. The quantitative estimate of drug-likeness (QED) is 0.215. The lowest BCUT2D eigenvalue weighted by Gasteiger charge is -2.12. The Morgan fingerprint density at radius 1 is 1.19 bits per heavy atom. The van der Waals surface area contributed by atoms with Crippen molar-refractivity contribution in [2.45, 2.75) is 25.5 Å². The average Bonchev–Trinajstić information content (AvgIpc) is 3.41. The molecular formula is C26H21ClN6O3. The van der Waals surface area contributed by atoms with Gasteiger partial charge in [-0.1, -0.05) is 29.5 Å². The number of halogens is 1. The number of hydrogen-bond acceptors (Lipinski definition) is 8. The highest BCUT2D eigenvalue weighted by molar-refractivity contribution is 6.32. The molecule has 1 atom stereocenters. The number of nitro benzene ring substituents is 1. The number of ether oxygens (including phenoxy) is 1. The molecule has 1 unspecified atom stereocenters. The minimum absolute atomic E-state index is 0.0450. The van der Waals surface area contributed by atoms with Gasteiger partial charge in [-0.3, -0.25) is 15.1 Å². The lowest BCUT2D eigenvalue weighted by molar-refractivity contribution is -0.385. The number of rotatable bonds is 6. The number of nitrogens with one attached hydrogen (secondary N) is 2. The zero-order valence-corrected chi connectivity index (χ0v) is 19.8. The Bertz CT molecular complexity index is 1480. The fourth-order valence-corrected chi connectivity index (χ4v) is 4.12. The van der Waals surface area contributed by atoms with Crippen molar-refractivity contribution < 1.29 is 9.66 Å². The van der Waals surface area contributed by atoms with Gasteiger partial charge in [0.1, 0.15) is 30.1 Å². The Kier molecular flexibility index (Phi) is 6.89. The predicted molar refractivity (Wildman–Crippen MR) is 137 cm³/mol. The molecule has 2 aromatic heterocycles. The maximum absolute atomic E-state index is 11.8. The summed E-state index contributed by atoms with van der Waals surface area (Å²) >= 11 is 6.43. The van der Waals surface area contributed by atoms with E-state index in [4.69, 9.17) is 16.3 Å². The normalized spacial score (nSPS) is 14.8. The fraction of sp³-hybridized carbons (Fsp3) is 0.192. The van der Waals surface area contributed by atoms with Crippen LogP contribution in [0.1, 0.15) is 24.1 Å². The number of pyridine rings is 1. The predicted octanol–water partition coefficient (Wildman–Crippen LogP) is 5.01. The topological polar surface area (TPSA) is 115 Å². The highest BCUT2D eigenvalue weighted by Gasteiger charge is 2.18. The van der Waals surface area contributed by atoms with Gasteiger partial charge in [-0.25, -0.2) is 9.97 Å². The van der Waals surface area contributed by atoms with Crippen LogP contribution in [0.2, 0.25) is 5.02 Å². The van der Waals surface area contributed by atoms with Crippen molar-refractivity contribution in [1.82, 2.24) is 20.3 Å². The van der Waals surface area contributed by atoms with E-state index in [2.05, 4.69) is 37.4 Å². The summed E-state index contributed by atoms with van der Waals surface area (Å²) in [6.07, 6.45) is 5.08. The van der Waals surface area contributed by atoms with Crippen molar-refractivity contribution in [3.8, 4) is 17.6 Å². The van der Waals surface area contributed by atoms with Gasteiger partial charge in [-0.05, 0) is 55.8 Å². The zero-order valence-electron chi connectivity index (χ0n) is 19.1. The number of benzene rings is 2. The molecule has 0 saturated carbocycles. The van der Waals surface area contributed by atoms with Gasteiger partial charge in [0.25, 0.3) is 5.69 Å². The number of nitro groups is 1. The Hall–Kier alpha value is -4.26. The molecule has 1 fully saturated rings. The maximum Gasteiger partial charge on any atom is 0.285 e. The second kappa shape index (κ2) is 10.6. The molecule has 5 rings (SSSR count). The van der Waals surface area contributed by atoms with E-state index < -0.39 is 4.92 Å². The van der Waals surface area contributed by atoms with Crippen LogP contribution >= 0.6 is 11.6 Å². The van der Waals surface area contributed by atoms with E-state index in [1.54, 1.807) is 30.5 Å². The Morgan fingerprint density at radius 2 is 2.11 bits per heavy atom. The van der Waals surface area contributed by atoms with Gasteiger partial charge >= 0.3 is 0 Å². The molecule has 0 radical (unpaired) electrons. The largest absolute Gasteiger partial charge is 0.486 e. The molecule has 2 aromatic carbocycles. The molecule has 0 aliphatic carbocycles. The average molecular weight is 501 g/mol. The monoisotopic (exact) mass is 500 g/mol. The van der Waals surface area contributed by atoms with Gasteiger partial charge in [0.15, 0.2) is 0 Å². The van der Waals surface area contributed by atoms with Crippen LogP contribution in [0.15, 0.2) is 61.1 Å². The lowest BCUT2D eigenvalue weighted by Crippen LogP contribution is -2.18. The summed E-state index contributed by atoms with van der Waals surface area (Å²) in [4.78, 5) is 24.2. The van der Waals surface area contributed by atoms with E-state index in [0.717, 1.165) is 25.1 Å². The zero-order chi connectivity index (χ0) is 24.9. The van der Waals surface area contributed by atoms with E-state index in [9.17, 15) is 10.1 Å². The second-order valence-electron chi connectivity index (χ2n) is 8.16. The second-order valence-corrected chi connectivity index (χ2v) is 8.57. The molecule has 9 nitrogen and oxygen atoms in total. The lowest BCUT2D eigenvalue weighted by atomic mass is 10.1. The van der Waals surface area contributed by atoms with Crippen LogP contribution in [0, 0.1) is 22.0 Å². The minimum atomic E-state index is -0.438. The van der Waals surface area contributed by atoms with Gasteiger partial charge in [-0.2, -0.15) is 0 Å². The standard InChI is InChI=1S/C26H21ClN6O3/c27-22-13-19(8-9-25(22)36-15-20-4-1-2-10-29-20)32-26-21-14-24(33(34)35)17(12-23(21)30-16-31-26)6-7-18-5-3-11-28-18/h1-2,4,8-10,12-14,16,18,28H,3,5,11,15H2,(H,30,31,32). The molecule has 0 amide bonds. The van der Waals surface area contributed by atoms with Crippen molar-refractivity contribution >= 4 is 39.7 Å². The molecule has 36 heavy (non-hydrogen) atoms. The van der Waals surface area contributed by atoms with Crippen LogP contribution in [0.4, 0.5) is 17.2 Å². The van der Waals surface area contributed by atoms with Gasteiger partial charge < -0.3 is 15.4 Å². The number of fused-ring (bicyclic) bond motifs is 1. The van der Waals surface area contributed by atoms with E-state index >= 15 is 0 Å². The molecule has 10 heteroatoms. The molecular weight excluding hydrogens is 480 g/mol. The SMILES string of the molecule is O=[N+]([O-])c1cc2c(Nc3ccc(OCc4ccccn4)c(Cl)c3)ncnc2cc1C#CC1CCCN1. The Labute approximate surface area is 212 Å². The van der Waals surface area contributed by atoms with E-state index in [0.29, 0.717) is 38.7 Å². The highest BCUT2D eigenvalue weighted by atomic mass is 35.5. The number of hydrogen-bond donors (Lipinski definition) is 2. The van der Waals surface area contributed by atoms with Crippen LogP contribution in [0.5, 0.6) is 5.75 Å². The Balaban J connectivity index is 1.40. The van der Waals surface area contributed by atoms with Crippen molar-refractivity contribution in [2.75, 3.05) is 11.9 Å². The van der Waals surface area contributed by atoms with Crippen LogP contribution < -0.4 is 15.4 Å². The van der Waals surface area contributed by atoms with E-state index in [-0.39, 0.29) is 18.3 Å². The molecule has 2 N–H and O–H groups in total. The summed E-state index contributed by atoms with van der Waals surface area (Å²) < 4.78 is 5.77. The molecule has 4 aromatic rings. The summed E-state index contributed by atoms with van der Waals surface area (Å²) in [7, 11) is 0. The number of aromatic nitrogens is 3. The van der Waals surface area contributed by atoms with Gasteiger partial charge in [-0.15, -0.1) is 0 Å². The molecule has 1 aliphatic rings. The third-order valence-corrected chi connectivity index (χ3v) is 5.98. The maximum atomic E-state index is 11.8. The first-order valence-corrected chi connectivity index (χ1v) is 11.7. The van der Waals surface area contributed by atoms with Gasteiger partial charge in [0, 0.05) is 23.3 Å². The molecule has 0 spiro atoms. The molecule has 3 heterocycles. The molecule has 0 bridgehead atoms. The summed E-state index contributed by atoms with van der Waals surface area (Å²) in [5.41, 5.74) is 2.20. The summed E-state index contributed by atoms with van der Waals surface area (Å²) in [6, 6.07) is 13.9. The third-order valence-electron chi connectivity index (χ3n) is 5.69. The van der Waals surface area contributed by atoms with Gasteiger partial charge in [0.05, 0.1) is 27.2 Å². The van der Waals surface area contributed by atoms with Crippen molar-refractivity contribution in [1.29, 1.82) is 0 Å². The van der Waals surface area contributed by atoms with E-state index in [1.807, 2.05) is 18.2 Å². The summed E-state index contributed by atoms with van der Waals surface area (Å²) in [5, 5.41) is 19.2. The smallest absolute Gasteiger partial charge is 0.285 e. The number of nitrogens with zero attached hydrogens (tertiary/aromatic N) is 4. The van der Waals surface area contributed by atoms with Crippen molar-refractivity contribution in [2.24, 2.45) is 0 Å². The molecule has 1 saturated heterocycles. The van der Waals surface area contributed by atoms with Crippen LogP contribution in [-0.4, -0.2) is 32.5 Å². The summed E-state index contributed by atoms with van der Waals surface area (Å²) in [5.74, 6) is 6.98. The first-order chi connectivity index (χ1) is 17.6. The first kappa shape index (κ1) is 23.5. The van der Waals surface area contributed by atoms with Crippen LogP contribution in [0.3, 0.4) is 0 Å². The summed E-state index contributed by atoms with van der Waals surface area (Å²) in [6.45, 7) is 1.19. The third kappa shape index (κ3) is 5.35. The number of anilines is 2. The fourth-order valence-electron chi connectivity index (χ4n) is 3.88. The van der Waals surface area contributed by atoms with Crippen LogP contribution in [-0.2, 0) is 6.61 Å². The van der Waals surface area contributed by atoms with Gasteiger partial charge in [0.2, 0.25) is 0 Å². The minimum Gasteiger partial charge on any atom is -0.486 e. The Morgan fingerprint density at radius 3 is 2.86 bits per heavy atom. The molecule has 1 aliphatic heterocycles. The first-order valence-electron chi connectivity index (χ1n) is 11.3. The van der Waals surface area contributed by atoms with E-state index in [1.165, 1.54) is 12.4 Å². The highest BCUT2D eigenvalue weighted by Crippen LogP contribution is 2.32.